The predicted molar refractivity (Wildman–Crippen MR) is 72.1 cm³/mol. The number of benzene rings is 1. The zero-order valence-corrected chi connectivity index (χ0v) is 11.7. The number of carboxylic acids is 1. The second-order valence-corrected chi connectivity index (χ2v) is 5.12. The van der Waals surface area contributed by atoms with Gasteiger partial charge in [-0.3, -0.25) is 4.79 Å². The first-order valence-corrected chi connectivity index (χ1v) is 6.51. The highest BCUT2D eigenvalue weighted by atomic mass is 16.5. The molecule has 1 saturated carbocycles. The van der Waals surface area contributed by atoms with Gasteiger partial charge >= 0.3 is 5.97 Å². The fourth-order valence-corrected chi connectivity index (χ4v) is 3.16. The van der Waals surface area contributed by atoms with Crippen LogP contribution >= 0.6 is 0 Å². The molecule has 0 unspecified atom stereocenters. The van der Waals surface area contributed by atoms with Crippen molar-refractivity contribution in [2.45, 2.75) is 38.0 Å². The van der Waals surface area contributed by atoms with Gasteiger partial charge in [0.15, 0.2) is 0 Å². The Balaban J connectivity index is 2.63. The number of carboxylic acid groups (broad SMARTS) is 1. The van der Waals surface area contributed by atoms with Gasteiger partial charge < -0.3 is 14.6 Å². The van der Waals surface area contributed by atoms with Gasteiger partial charge in [0.05, 0.1) is 19.6 Å². The Kier molecular flexibility index (Phi) is 3.69. The number of methoxy groups -OCH3 is 2. The number of rotatable bonds is 4. The summed E-state index contributed by atoms with van der Waals surface area (Å²) in [5, 5.41) is 9.70. The first kappa shape index (κ1) is 13.7. The normalized spacial score (nSPS) is 17.2. The molecule has 0 heterocycles. The molecule has 104 valence electrons. The van der Waals surface area contributed by atoms with Crippen molar-refractivity contribution in [2.75, 3.05) is 14.2 Å². The minimum atomic E-state index is -0.804. The van der Waals surface area contributed by atoms with Crippen molar-refractivity contribution in [3.05, 3.63) is 23.3 Å². The van der Waals surface area contributed by atoms with Crippen LogP contribution in [0.4, 0.5) is 0 Å². The van der Waals surface area contributed by atoms with Gasteiger partial charge in [-0.05, 0) is 31.4 Å². The minimum absolute atomic E-state index is 0.612. The van der Waals surface area contributed by atoms with Crippen molar-refractivity contribution in [1.82, 2.24) is 0 Å². The second-order valence-electron chi connectivity index (χ2n) is 5.12. The molecule has 0 bridgehead atoms. The summed E-state index contributed by atoms with van der Waals surface area (Å²) in [5.74, 6) is 0.550. The Labute approximate surface area is 113 Å². The molecule has 4 heteroatoms. The molecule has 1 fully saturated rings. The van der Waals surface area contributed by atoms with Gasteiger partial charge in [0, 0.05) is 11.6 Å². The molecule has 0 spiro atoms. The summed E-state index contributed by atoms with van der Waals surface area (Å²) in [6, 6.07) is 3.65. The summed E-state index contributed by atoms with van der Waals surface area (Å²) in [7, 11) is 3.17. The topological polar surface area (TPSA) is 55.8 Å². The highest BCUT2D eigenvalue weighted by molar-refractivity contribution is 5.83. The standard InChI is InChI=1S/C15H20O4/c1-10-8-11(18-2)9-12(19-3)13(10)15(14(16)17)6-4-5-7-15/h8-9H,4-7H2,1-3H3,(H,16,17). The molecule has 19 heavy (non-hydrogen) atoms. The average molecular weight is 264 g/mol. The van der Waals surface area contributed by atoms with Crippen LogP contribution in [-0.2, 0) is 10.2 Å². The lowest BCUT2D eigenvalue weighted by Crippen LogP contribution is -2.34. The summed E-state index contributed by atoms with van der Waals surface area (Å²) in [6.07, 6.45) is 3.24. The van der Waals surface area contributed by atoms with E-state index in [1.54, 1.807) is 20.3 Å². The maximum absolute atomic E-state index is 11.8. The van der Waals surface area contributed by atoms with Crippen LogP contribution in [0.15, 0.2) is 12.1 Å². The van der Waals surface area contributed by atoms with Crippen LogP contribution < -0.4 is 9.47 Å². The lowest BCUT2D eigenvalue weighted by Gasteiger charge is -2.28. The number of hydrogen-bond donors (Lipinski definition) is 1. The molecular weight excluding hydrogens is 244 g/mol. The van der Waals surface area contributed by atoms with E-state index in [0.717, 1.165) is 24.0 Å². The molecule has 1 aliphatic rings. The molecule has 0 radical (unpaired) electrons. The second kappa shape index (κ2) is 5.11. The van der Waals surface area contributed by atoms with Gasteiger partial charge in [-0.15, -0.1) is 0 Å². The molecule has 1 aromatic rings. The molecule has 0 amide bonds. The quantitative estimate of drug-likeness (QED) is 0.908. The van der Waals surface area contributed by atoms with E-state index >= 15 is 0 Å². The van der Waals surface area contributed by atoms with E-state index in [2.05, 4.69) is 0 Å². The van der Waals surface area contributed by atoms with Gasteiger partial charge in [-0.2, -0.15) is 0 Å². The van der Waals surface area contributed by atoms with Gasteiger partial charge in [-0.1, -0.05) is 12.8 Å². The van der Waals surface area contributed by atoms with E-state index < -0.39 is 11.4 Å². The smallest absolute Gasteiger partial charge is 0.314 e. The molecule has 1 aliphatic carbocycles. The largest absolute Gasteiger partial charge is 0.497 e. The Morgan fingerprint density at radius 2 is 1.84 bits per heavy atom. The first-order valence-electron chi connectivity index (χ1n) is 6.51. The maximum atomic E-state index is 11.8. The highest BCUT2D eigenvalue weighted by Gasteiger charge is 2.45. The molecule has 4 nitrogen and oxygen atoms in total. The van der Waals surface area contributed by atoms with Crippen LogP contribution in [0.2, 0.25) is 0 Å². The number of carbonyl (C=O) groups is 1. The molecule has 0 saturated heterocycles. The van der Waals surface area contributed by atoms with Crippen LogP contribution in [-0.4, -0.2) is 25.3 Å². The third kappa shape index (κ3) is 2.15. The maximum Gasteiger partial charge on any atom is 0.314 e. The molecule has 1 aromatic carbocycles. The van der Waals surface area contributed by atoms with E-state index in [4.69, 9.17) is 9.47 Å². The Morgan fingerprint density at radius 3 is 2.32 bits per heavy atom. The lowest BCUT2D eigenvalue weighted by molar-refractivity contribution is -0.143. The average Bonchev–Trinajstić information content (AvgIpc) is 2.87. The highest BCUT2D eigenvalue weighted by Crippen LogP contribution is 2.47. The van der Waals surface area contributed by atoms with Crippen LogP contribution in [0.25, 0.3) is 0 Å². The summed E-state index contributed by atoms with van der Waals surface area (Å²) in [6.45, 7) is 1.92. The van der Waals surface area contributed by atoms with E-state index in [1.165, 1.54) is 0 Å². The Bertz CT molecular complexity index is 487. The number of aryl methyl sites for hydroxylation is 1. The summed E-state index contributed by atoms with van der Waals surface area (Å²) in [4.78, 5) is 11.8. The number of hydrogen-bond acceptors (Lipinski definition) is 3. The van der Waals surface area contributed by atoms with Crippen LogP contribution in [0, 0.1) is 6.92 Å². The van der Waals surface area contributed by atoms with Gasteiger partial charge in [0.25, 0.3) is 0 Å². The fraction of sp³-hybridized carbons (Fsp3) is 0.533. The fourth-order valence-electron chi connectivity index (χ4n) is 3.16. The first-order chi connectivity index (χ1) is 9.05. The Morgan fingerprint density at radius 1 is 1.21 bits per heavy atom. The third-order valence-electron chi connectivity index (χ3n) is 4.07. The van der Waals surface area contributed by atoms with Crippen LogP contribution in [0.3, 0.4) is 0 Å². The third-order valence-corrected chi connectivity index (χ3v) is 4.07. The summed E-state index contributed by atoms with van der Waals surface area (Å²) in [5.41, 5.74) is 0.920. The van der Waals surface area contributed by atoms with E-state index in [0.29, 0.717) is 24.3 Å². The molecular formula is C15H20O4. The van der Waals surface area contributed by atoms with E-state index in [1.807, 2.05) is 13.0 Å². The molecule has 1 N–H and O–H groups in total. The van der Waals surface area contributed by atoms with Crippen molar-refractivity contribution in [3.63, 3.8) is 0 Å². The van der Waals surface area contributed by atoms with Crippen molar-refractivity contribution in [2.24, 2.45) is 0 Å². The molecule has 0 atom stereocenters. The summed E-state index contributed by atoms with van der Waals surface area (Å²) < 4.78 is 10.6. The monoisotopic (exact) mass is 264 g/mol. The van der Waals surface area contributed by atoms with Gasteiger partial charge in [-0.25, -0.2) is 0 Å². The molecule has 0 aromatic heterocycles. The van der Waals surface area contributed by atoms with Crippen molar-refractivity contribution in [3.8, 4) is 11.5 Å². The lowest BCUT2D eigenvalue weighted by atomic mass is 9.76. The number of aliphatic carboxylic acids is 1. The van der Waals surface area contributed by atoms with Crippen LogP contribution in [0.1, 0.15) is 36.8 Å². The SMILES string of the molecule is COc1cc(C)c(C2(C(=O)O)CCCC2)c(OC)c1. The van der Waals surface area contributed by atoms with Gasteiger partial charge in [0.1, 0.15) is 11.5 Å². The van der Waals surface area contributed by atoms with Crippen LogP contribution in [0.5, 0.6) is 11.5 Å². The van der Waals surface area contributed by atoms with Crippen molar-refractivity contribution in [1.29, 1.82) is 0 Å². The summed E-state index contributed by atoms with van der Waals surface area (Å²) >= 11 is 0. The van der Waals surface area contributed by atoms with Crippen molar-refractivity contribution >= 4 is 5.97 Å². The van der Waals surface area contributed by atoms with E-state index in [-0.39, 0.29) is 0 Å². The Hall–Kier alpha value is -1.71. The minimum Gasteiger partial charge on any atom is -0.497 e. The number of ether oxygens (including phenoxy) is 2. The molecule has 2 rings (SSSR count). The van der Waals surface area contributed by atoms with E-state index in [9.17, 15) is 9.90 Å². The zero-order valence-electron chi connectivity index (χ0n) is 11.7. The van der Waals surface area contributed by atoms with Gasteiger partial charge in [0.2, 0.25) is 0 Å². The van der Waals surface area contributed by atoms with Crippen molar-refractivity contribution < 1.29 is 19.4 Å². The zero-order chi connectivity index (χ0) is 14.0. The predicted octanol–water partition coefficient (Wildman–Crippen LogP) is 2.91. The molecule has 0 aliphatic heterocycles.